The number of thiazole rings is 1. The summed E-state index contributed by atoms with van der Waals surface area (Å²) in [4.78, 5) is 19.4. The predicted octanol–water partition coefficient (Wildman–Crippen LogP) is 4.52. The summed E-state index contributed by atoms with van der Waals surface area (Å²) < 4.78 is 3.11. The van der Waals surface area contributed by atoms with E-state index in [1.807, 2.05) is 28.7 Å². The molecular formula is C17H14N2O2S2. The van der Waals surface area contributed by atoms with Gasteiger partial charge in [-0.1, -0.05) is 23.5 Å². The van der Waals surface area contributed by atoms with E-state index < -0.39 is 5.97 Å². The lowest BCUT2D eigenvalue weighted by molar-refractivity contribution is -0.136. The first-order valence-corrected chi connectivity index (χ1v) is 8.86. The van der Waals surface area contributed by atoms with E-state index in [4.69, 9.17) is 4.98 Å². The van der Waals surface area contributed by atoms with Crippen LogP contribution in [-0.2, 0) is 11.2 Å². The minimum absolute atomic E-state index is 0.0361. The Labute approximate surface area is 140 Å². The van der Waals surface area contributed by atoms with Crippen LogP contribution < -0.4 is 0 Å². The van der Waals surface area contributed by atoms with Gasteiger partial charge in [-0.25, -0.2) is 4.98 Å². The fourth-order valence-corrected chi connectivity index (χ4v) is 4.93. The molecule has 0 atom stereocenters. The molecule has 0 spiro atoms. The minimum atomic E-state index is -0.840. The second-order valence-electron chi connectivity index (χ2n) is 5.49. The highest BCUT2D eigenvalue weighted by Crippen LogP contribution is 2.36. The second-order valence-corrected chi connectivity index (χ2v) is 7.96. The summed E-state index contributed by atoms with van der Waals surface area (Å²) in [5, 5.41) is 9.37. The number of carboxylic acid groups (broad SMARTS) is 1. The topological polar surface area (TPSA) is 54.6 Å². The van der Waals surface area contributed by atoms with E-state index in [0.717, 1.165) is 32.1 Å². The van der Waals surface area contributed by atoms with Crippen LogP contribution in [0.4, 0.5) is 0 Å². The number of rotatable bonds is 3. The van der Waals surface area contributed by atoms with Crippen molar-refractivity contribution in [1.29, 1.82) is 0 Å². The van der Waals surface area contributed by atoms with Gasteiger partial charge in [0.1, 0.15) is 0 Å². The molecule has 0 unspecified atom stereocenters. The predicted molar refractivity (Wildman–Crippen MR) is 94.7 cm³/mol. The Kier molecular flexibility index (Phi) is 3.25. The van der Waals surface area contributed by atoms with Crippen molar-refractivity contribution >= 4 is 43.8 Å². The van der Waals surface area contributed by atoms with Gasteiger partial charge in [0.25, 0.3) is 0 Å². The quantitative estimate of drug-likeness (QED) is 0.595. The molecule has 116 valence electrons. The van der Waals surface area contributed by atoms with Gasteiger partial charge < -0.3 is 5.11 Å². The zero-order valence-electron chi connectivity index (χ0n) is 12.7. The fraction of sp³-hybridized carbons (Fsp3) is 0.176. The average molecular weight is 342 g/mol. The SMILES string of the molecule is Cc1cc(-c2nc3sc4ccccc4n3c2CC(=O)O)c(C)s1. The fourth-order valence-electron chi connectivity index (χ4n) is 2.96. The monoisotopic (exact) mass is 342 g/mol. The number of aliphatic carboxylic acids is 1. The third-order valence-electron chi connectivity index (χ3n) is 3.86. The summed E-state index contributed by atoms with van der Waals surface area (Å²) in [5.74, 6) is -0.840. The van der Waals surface area contributed by atoms with Crippen LogP contribution in [0.1, 0.15) is 15.4 Å². The Morgan fingerprint density at radius 2 is 2.04 bits per heavy atom. The lowest BCUT2D eigenvalue weighted by Crippen LogP contribution is -2.04. The lowest BCUT2D eigenvalue weighted by Gasteiger charge is -2.02. The Hall–Kier alpha value is -2.18. The van der Waals surface area contributed by atoms with E-state index in [-0.39, 0.29) is 6.42 Å². The first kappa shape index (κ1) is 14.4. The molecule has 23 heavy (non-hydrogen) atoms. The number of carbonyl (C=O) groups is 1. The van der Waals surface area contributed by atoms with Gasteiger partial charge in [-0.05, 0) is 32.0 Å². The largest absolute Gasteiger partial charge is 0.481 e. The molecule has 0 saturated carbocycles. The van der Waals surface area contributed by atoms with E-state index in [9.17, 15) is 9.90 Å². The first-order valence-electron chi connectivity index (χ1n) is 7.22. The minimum Gasteiger partial charge on any atom is -0.481 e. The Balaban J connectivity index is 2.07. The molecule has 3 heterocycles. The molecule has 1 N–H and O–H groups in total. The second kappa shape index (κ2) is 5.18. The van der Waals surface area contributed by atoms with Crippen LogP contribution in [-0.4, -0.2) is 20.5 Å². The number of para-hydroxylation sites is 1. The third kappa shape index (κ3) is 2.26. The summed E-state index contributed by atoms with van der Waals surface area (Å²) in [7, 11) is 0. The molecule has 0 bridgehead atoms. The Bertz CT molecular complexity index is 1060. The van der Waals surface area contributed by atoms with Crippen LogP contribution >= 0.6 is 22.7 Å². The Morgan fingerprint density at radius 3 is 2.74 bits per heavy atom. The van der Waals surface area contributed by atoms with Gasteiger partial charge >= 0.3 is 5.97 Å². The number of aryl methyl sites for hydroxylation is 2. The van der Waals surface area contributed by atoms with Crippen LogP contribution in [0.5, 0.6) is 0 Å². The maximum absolute atomic E-state index is 11.4. The van der Waals surface area contributed by atoms with Crippen LogP contribution in [0.3, 0.4) is 0 Å². The van der Waals surface area contributed by atoms with Crippen molar-refractivity contribution in [3.05, 3.63) is 45.8 Å². The van der Waals surface area contributed by atoms with E-state index in [1.54, 1.807) is 22.7 Å². The molecule has 6 heteroatoms. The van der Waals surface area contributed by atoms with Crippen molar-refractivity contribution in [2.24, 2.45) is 0 Å². The number of imidazole rings is 1. The molecule has 1 aromatic carbocycles. The van der Waals surface area contributed by atoms with Gasteiger partial charge in [-0.2, -0.15) is 0 Å². The van der Waals surface area contributed by atoms with Gasteiger partial charge in [0.05, 0.1) is 28.0 Å². The normalized spacial score (nSPS) is 11.6. The summed E-state index contributed by atoms with van der Waals surface area (Å²) >= 11 is 3.31. The van der Waals surface area contributed by atoms with E-state index in [1.165, 1.54) is 9.75 Å². The molecule has 0 fully saturated rings. The maximum atomic E-state index is 11.4. The van der Waals surface area contributed by atoms with Gasteiger partial charge in [0, 0.05) is 15.3 Å². The summed E-state index contributed by atoms with van der Waals surface area (Å²) in [6.45, 7) is 4.12. The zero-order valence-corrected chi connectivity index (χ0v) is 14.3. The van der Waals surface area contributed by atoms with Crippen molar-refractivity contribution in [3.8, 4) is 11.3 Å². The van der Waals surface area contributed by atoms with E-state index >= 15 is 0 Å². The van der Waals surface area contributed by atoms with Gasteiger partial charge in [0.2, 0.25) is 0 Å². The number of carboxylic acids is 1. The summed E-state index contributed by atoms with van der Waals surface area (Å²) in [6.07, 6.45) is -0.0361. The first-order chi connectivity index (χ1) is 11.0. The smallest absolute Gasteiger partial charge is 0.309 e. The zero-order chi connectivity index (χ0) is 16.1. The van der Waals surface area contributed by atoms with Gasteiger partial charge in [-0.15, -0.1) is 11.3 Å². The number of hydrogen-bond donors (Lipinski definition) is 1. The van der Waals surface area contributed by atoms with Crippen LogP contribution in [0.2, 0.25) is 0 Å². The van der Waals surface area contributed by atoms with Gasteiger partial charge in [-0.3, -0.25) is 9.20 Å². The van der Waals surface area contributed by atoms with Crippen molar-refractivity contribution in [2.45, 2.75) is 20.3 Å². The van der Waals surface area contributed by atoms with Crippen LogP contribution in [0.15, 0.2) is 30.3 Å². The van der Waals surface area contributed by atoms with Crippen molar-refractivity contribution < 1.29 is 9.90 Å². The molecule has 0 saturated heterocycles. The molecule has 0 amide bonds. The Morgan fingerprint density at radius 1 is 1.26 bits per heavy atom. The summed E-state index contributed by atoms with van der Waals surface area (Å²) in [5.41, 5.74) is 3.62. The van der Waals surface area contributed by atoms with E-state index in [2.05, 4.69) is 19.9 Å². The molecule has 4 rings (SSSR count). The highest BCUT2D eigenvalue weighted by atomic mass is 32.1. The number of nitrogens with zero attached hydrogens (tertiary/aromatic N) is 2. The molecule has 0 radical (unpaired) electrons. The molecule has 3 aromatic heterocycles. The number of hydrogen-bond acceptors (Lipinski definition) is 4. The highest BCUT2D eigenvalue weighted by Gasteiger charge is 2.21. The lowest BCUT2D eigenvalue weighted by atomic mass is 10.1. The van der Waals surface area contributed by atoms with Gasteiger partial charge in [0.15, 0.2) is 4.96 Å². The summed E-state index contributed by atoms with van der Waals surface area (Å²) in [6, 6.07) is 10.1. The number of aromatic nitrogens is 2. The molecule has 0 aliphatic heterocycles. The molecule has 4 aromatic rings. The number of fused-ring (bicyclic) bond motifs is 3. The third-order valence-corrected chi connectivity index (χ3v) is 5.85. The highest BCUT2D eigenvalue weighted by molar-refractivity contribution is 7.23. The number of benzene rings is 1. The maximum Gasteiger partial charge on any atom is 0.309 e. The molecule has 0 aliphatic carbocycles. The van der Waals surface area contributed by atoms with Crippen molar-refractivity contribution in [2.75, 3.05) is 0 Å². The van der Waals surface area contributed by atoms with E-state index in [0.29, 0.717) is 0 Å². The standard InChI is InChI=1S/C17H14N2O2S2/c1-9-7-11(10(2)22-9)16-13(8-15(20)21)19-12-5-3-4-6-14(12)23-17(19)18-16/h3-7H,8H2,1-2H3,(H,20,21). The van der Waals surface area contributed by atoms with Crippen molar-refractivity contribution in [3.63, 3.8) is 0 Å². The number of thiophene rings is 1. The van der Waals surface area contributed by atoms with Crippen LogP contribution in [0, 0.1) is 13.8 Å². The van der Waals surface area contributed by atoms with Crippen LogP contribution in [0.25, 0.3) is 26.4 Å². The van der Waals surface area contributed by atoms with Crippen molar-refractivity contribution in [1.82, 2.24) is 9.38 Å². The molecule has 4 nitrogen and oxygen atoms in total. The molecular weight excluding hydrogens is 328 g/mol. The molecule has 0 aliphatic rings. The average Bonchev–Trinajstić information content (AvgIpc) is 3.11.